The lowest BCUT2D eigenvalue weighted by molar-refractivity contribution is -0.117. The molecule has 0 aliphatic heterocycles. The second-order valence-corrected chi connectivity index (χ2v) is 5.02. The maximum absolute atomic E-state index is 12.5. The highest BCUT2D eigenvalue weighted by molar-refractivity contribution is 5.94. The summed E-state index contributed by atoms with van der Waals surface area (Å²) in [6.45, 7) is 0. The predicted molar refractivity (Wildman–Crippen MR) is 89.7 cm³/mol. The van der Waals surface area contributed by atoms with Crippen LogP contribution >= 0.6 is 0 Å². The molecule has 0 bridgehead atoms. The molecule has 122 valence electrons. The molecule has 2 rings (SSSR count). The van der Waals surface area contributed by atoms with Gasteiger partial charge < -0.3 is 19.1 Å². The highest BCUT2D eigenvalue weighted by Crippen LogP contribution is 2.28. The van der Waals surface area contributed by atoms with E-state index < -0.39 is 0 Å². The monoisotopic (exact) mass is 315 g/mol. The Morgan fingerprint density at radius 2 is 1.70 bits per heavy atom. The van der Waals surface area contributed by atoms with E-state index in [1.807, 2.05) is 36.4 Å². The molecule has 0 atom stereocenters. The van der Waals surface area contributed by atoms with Gasteiger partial charge in [0.05, 0.1) is 27.8 Å². The van der Waals surface area contributed by atoms with Gasteiger partial charge in [-0.05, 0) is 29.8 Å². The molecular formula is C18H21NO4. The van der Waals surface area contributed by atoms with Crippen LogP contribution in [-0.4, -0.2) is 34.3 Å². The molecule has 0 heterocycles. The quantitative estimate of drug-likeness (QED) is 0.822. The summed E-state index contributed by atoms with van der Waals surface area (Å²) >= 11 is 0. The topological polar surface area (TPSA) is 48.0 Å². The Morgan fingerprint density at radius 3 is 2.35 bits per heavy atom. The molecule has 0 spiro atoms. The third-order valence-electron chi connectivity index (χ3n) is 3.62. The van der Waals surface area contributed by atoms with Gasteiger partial charge in [-0.25, -0.2) is 0 Å². The molecule has 0 aromatic heterocycles. The largest absolute Gasteiger partial charge is 0.497 e. The van der Waals surface area contributed by atoms with Gasteiger partial charge in [0, 0.05) is 18.8 Å². The Balaban J connectivity index is 2.14. The third-order valence-corrected chi connectivity index (χ3v) is 3.62. The van der Waals surface area contributed by atoms with Crippen molar-refractivity contribution < 1.29 is 19.0 Å². The summed E-state index contributed by atoms with van der Waals surface area (Å²) in [7, 11) is 6.51. The van der Waals surface area contributed by atoms with Crippen molar-refractivity contribution in [2.75, 3.05) is 33.3 Å². The van der Waals surface area contributed by atoms with Crippen molar-refractivity contribution in [3.05, 3.63) is 48.0 Å². The number of ether oxygens (including phenoxy) is 3. The van der Waals surface area contributed by atoms with Gasteiger partial charge in [0.2, 0.25) is 5.91 Å². The first kappa shape index (κ1) is 16.7. The second kappa shape index (κ2) is 7.54. The number of likely N-dealkylation sites (N-methyl/N-ethyl adjacent to an activating group) is 1. The fourth-order valence-corrected chi connectivity index (χ4v) is 2.25. The third kappa shape index (κ3) is 3.94. The number of hydrogen-bond donors (Lipinski definition) is 0. The number of methoxy groups -OCH3 is 3. The van der Waals surface area contributed by atoms with Crippen LogP contribution in [0.5, 0.6) is 17.2 Å². The van der Waals surface area contributed by atoms with Crippen molar-refractivity contribution >= 4 is 11.6 Å². The molecule has 0 radical (unpaired) electrons. The van der Waals surface area contributed by atoms with Crippen LogP contribution in [0.3, 0.4) is 0 Å². The normalized spacial score (nSPS) is 10.1. The minimum Gasteiger partial charge on any atom is -0.497 e. The molecule has 0 aliphatic rings. The zero-order chi connectivity index (χ0) is 16.8. The number of benzene rings is 2. The van der Waals surface area contributed by atoms with Gasteiger partial charge in [-0.15, -0.1) is 0 Å². The molecule has 2 aromatic rings. The predicted octanol–water partition coefficient (Wildman–Crippen LogP) is 2.92. The van der Waals surface area contributed by atoms with E-state index in [4.69, 9.17) is 14.2 Å². The summed E-state index contributed by atoms with van der Waals surface area (Å²) in [6, 6.07) is 12.9. The summed E-state index contributed by atoms with van der Waals surface area (Å²) in [5.41, 5.74) is 1.65. The number of nitrogens with zero attached hydrogens (tertiary/aromatic N) is 1. The van der Waals surface area contributed by atoms with Crippen molar-refractivity contribution in [1.29, 1.82) is 0 Å². The number of carbonyl (C=O) groups excluding carboxylic acids is 1. The number of carbonyl (C=O) groups is 1. The molecule has 0 N–H and O–H groups in total. The van der Waals surface area contributed by atoms with Crippen LogP contribution in [0.4, 0.5) is 5.69 Å². The fourth-order valence-electron chi connectivity index (χ4n) is 2.25. The van der Waals surface area contributed by atoms with Crippen LogP contribution in [0.2, 0.25) is 0 Å². The molecular weight excluding hydrogens is 294 g/mol. The van der Waals surface area contributed by atoms with E-state index >= 15 is 0 Å². The molecule has 0 saturated carbocycles. The Kier molecular flexibility index (Phi) is 5.46. The van der Waals surface area contributed by atoms with Crippen LogP contribution in [0.25, 0.3) is 0 Å². The van der Waals surface area contributed by atoms with E-state index in [2.05, 4.69) is 0 Å². The Bertz CT molecular complexity index is 684. The molecule has 23 heavy (non-hydrogen) atoms. The number of anilines is 1. The van der Waals surface area contributed by atoms with Gasteiger partial charge in [0.15, 0.2) is 11.5 Å². The van der Waals surface area contributed by atoms with E-state index in [0.29, 0.717) is 17.2 Å². The van der Waals surface area contributed by atoms with Gasteiger partial charge in [0.1, 0.15) is 5.75 Å². The van der Waals surface area contributed by atoms with Crippen LogP contribution in [0, 0.1) is 0 Å². The Hall–Kier alpha value is -2.69. The van der Waals surface area contributed by atoms with Gasteiger partial charge in [-0.3, -0.25) is 4.79 Å². The SMILES string of the molecule is COc1cccc(N(C)C(=O)Cc2ccc(OC)c(OC)c2)c1. The van der Waals surface area contributed by atoms with Crippen molar-refractivity contribution in [3.63, 3.8) is 0 Å². The molecule has 5 heteroatoms. The van der Waals surface area contributed by atoms with Crippen molar-refractivity contribution in [1.82, 2.24) is 0 Å². The summed E-state index contributed by atoms with van der Waals surface area (Å²) < 4.78 is 15.7. The second-order valence-electron chi connectivity index (χ2n) is 5.02. The highest BCUT2D eigenvalue weighted by Gasteiger charge is 2.14. The molecule has 1 amide bonds. The first-order valence-corrected chi connectivity index (χ1v) is 7.20. The smallest absolute Gasteiger partial charge is 0.231 e. The number of rotatable bonds is 6. The van der Waals surface area contributed by atoms with Crippen molar-refractivity contribution in [2.45, 2.75) is 6.42 Å². The Labute approximate surface area is 136 Å². The van der Waals surface area contributed by atoms with Crippen molar-refractivity contribution in [3.8, 4) is 17.2 Å². The summed E-state index contributed by atoms with van der Waals surface area (Å²) in [6.07, 6.45) is 0.272. The lowest BCUT2D eigenvalue weighted by Crippen LogP contribution is -2.27. The molecule has 2 aromatic carbocycles. The zero-order valence-corrected chi connectivity index (χ0v) is 13.8. The molecule has 0 unspecified atom stereocenters. The molecule has 0 saturated heterocycles. The first-order chi connectivity index (χ1) is 11.1. The maximum Gasteiger partial charge on any atom is 0.231 e. The minimum absolute atomic E-state index is 0.0227. The Morgan fingerprint density at radius 1 is 0.957 bits per heavy atom. The molecule has 0 fully saturated rings. The zero-order valence-electron chi connectivity index (χ0n) is 13.8. The molecule has 5 nitrogen and oxygen atoms in total. The maximum atomic E-state index is 12.5. The van der Waals surface area contributed by atoms with Crippen LogP contribution in [0.15, 0.2) is 42.5 Å². The number of amides is 1. The summed E-state index contributed by atoms with van der Waals surface area (Å²) in [4.78, 5) is 14.1. The average Bonchev–Trinajstić information content (AvgIpc) is 2.60. The van der Waals surface area contributed by atoms with Gasteiger partial charge in [0.25, 0.3) is 0 Å². The molecule has 0 aliphatic carbocycles. The summed E-state index contributed by atoms with van der Waals surface area (Å²) in [5.74, 6) is 1.95. The van der Waals surface area contributed by atoms with E-state index in [9.17, 15) is 4.79 Å². The average molecular weight is 315 g/mol. The van der Waals surface area contributed by atoms with E-state index in [1.54, 1.807) is 39.3 Å². The fraction of sp³-hybridized carbons (Fsp3) is 0.278. The lowest BCUT2D eigenvalue weighted by Gasteiger charge is -2.18. The summed E-state index contributed by atoms with van der Waals surface area (Å²) in [5, 5.41) is 0. The van der Waals surface area contributed by atoms with Crippen molar-refractivity contribution in [2.24, 2.45) is 0 Å². The lowest BCUT2D eigenvalue weighted by atomic mass is 10.1. The van der Waals surface area contributed by atoms with E-state index in [0.717, 1.165) is 11.3 Å². The van der Waals surface area contributed by atoms with Crippen LogP contribution < -0.4 is 19.1 Å². The van der Waals surface area contributed by atoms with Crippen LogP contribution in [0.1, 0.15) is 5.56 Å². The van der Waals surface area contributed by atoms with E-state index in [-0.39, 0.29) is 12.3 Å². The van der Waals surface area contributed by atoms with Gasteiger partial charge >= 0.3 is 0 Å². The van der Waals surface area contributed by atoms with E-state index in [1.165, 1.54) is 0 Å². The minimum atomic E-state index is -0.0227. The highest BCUT2D eigenvalue weighted by atomic mass is 16.5. The first-order valence-electron chi connectivity index (χ1n) is 7.20. The van der Waals surface area contributed by atoms with Gasteiger partial charge in [-0.1, -0.05) is 12.1 Å². The van der Waals surface area contributed by atoms with Gasteiger partial charge in [-0.2, -0.15) is 0 Å². The number of hydrogen-bond acceptors (Lipinski definition) is 4. The van der Waals surface area contributed by atoms with Crippen LogP contribution in [-0.2, 0) is 11.2 Å². The standard InChI is InChI=1S/C18H21NO4/c1-19(14-6-5-7-15(12-14)21-2)18(20)11-13-8-9-16(22-3)17(10-13)23-4/h5-10,12H,11H2,1-4H3.